The lowest BCUT2D eigenvalue weighted by molar-refractivity contribution is 0.420. The fraction of sp³-hybridized carbons (Fsp3) is 0.438. The largest absolute Gasteiger partial charge is 0.496 e. The van der Waals surface area contributed by atoms with Crippen LogP contribution in [0.1, 0.15) is 25.7 Å². The zero-order valence-corrected chi connectivity index (χ0v) is 12.4. The van der Waals surface area contributed by atoms with Gasteiger partial charge in [0.05, 0.1) is 12.5 Å². The third-order valence-corrected chi connectivity index (χ3v) is 4.51. The van der Waals surface area contributed by atoms with Gasteiger partial charge in [0, 0.05) is 23.0 Å². The van der Waals surface area contributed by atoms with E-state index in [-0.39, 0.29) is 5.38 Å². The molecule has 0 bridgehead atoms. The van der Waals surface area contributed by atoms with Crippen molar-refractivity contribution in [2.45, 2.75) is 37.1 Å². The van der Waals surface area contributed by atoms with Crippen molar-refractivity contribution >= 4 is 28.2 Å². The van der Waals surface area contributed by atoms with Crippen LogP contribution in [0.2, 0.25) is 0 Å². The van der Waals surface area contributed by atoms with Crippen LogP contribution in [-0.2, 0) is 0 Å². The van der Waals surface area contributed by atoms with Crippen LogP contribution in [0, 0.1) is 0 Å². The van der Waals surface area contributed by atoms with E-state index < -0.39 is 0 Å². The molecule has 106 valence electrons. The number of pyridine rings is 1. The molecule has 1 aromatic carbocycles. The number of alkyl halides is 1. The summed E-state index contributed by atoms with van der Waals surface area (Å²) in [4.78, 5) is 4.49. The molecule has 4 heteroatoms. The van der Waals surface area contributed by atoms with Gasteiger partial charge in [0.15, 0.2) is 0 Å². The lowest BCUT2D eigenvalue weighted by atomic mass is 9.95. The number of halogens is 1. The third-order valence-electron chi connectivity index (χ3n) is 3.99. The van der Waals surface area contributed by atoms with Crippen molar-refractivity contribution in [2.24, 2.45) is 0 Å². The molecule has 1 N–H and O–H groups in total. The topological polar surface area (TPSA) is 34.1 Å². The number of hydrogen-bond donors (Lipinski definition) is 1. The van der Waals surface area contributed by atoms with Gasteiger partial charge in [-0.2, -0.15) is 0 Å². The molecular formula is C16H19ClN2O. The maximum Gasteiger partial charge on any atom is 0.134 e. The smallest absolute Gasteiger partial charge is 0.134 e. The predicted molar refractivity (Wildman–Crippen MR) is 83.8 cm³/mol. The second-order valence-corrected chi connectivity index (χ2v) is 5.83. The van der Waals surface area contributed by atoms with Crippen molar-refractivity contribution in [3.05, 3.63) is 30.5 Å². The summed E-state index contributed by atoms with van der Waals surface area (Å²) in [6, 6.07) is 8.32. The molecule has 0 radical (unpaired) electrons. The Labute approximate surface area is 124 Å². The molecule has 20 heavy (non-hydrogen) atoms. The number of nitrogens with one attached hydrogen (secondary N) is 1. The van der Waals surface area contributed by atoms with Gasteiger partial charge in [0.1, 0.15) is 11.6 Å². The monoisotopic (exact) mass is 290 g/mol. The highest BCUT2D eigenvalue weighted by molar-refractivity contribution is 6.21. The number of methoxy groups -OCH3 is 1. The molecule has 2 unspecified atom stereocenters. The van der Waals surface area contributed by atoms with Crippen molar-refractivity contribution in [2.75, 3.05) is 12.4 Å². The Morgan fingerprint density at radius 3 is 2.85 bits per heavy atom. The van der Waals surface area contributed by atoms with Crippen LogP contribution < -0.4 is 10.1 Å². The SMILES string of the molecule is COc1cccc2c(NC3CCCCC3Cl)nccc12. The molecule has 2 aromatic rings. The Morgan fingerprint density at radius 2 is 2.05 bits per heavy atom. The Morgan fingerprint density at radius 1 is 1.20 bits per heavy atom. The molecule has 1 fully saturated rings. The lowest BCUT2D eigenvalue weighted by Crippen LogP contribution is -2.33. The van der Waals surface area contributed by atoms with Gasteiger partial charge in [-0.1, -0.05) is 25.0 Å². The van der Waals surface area contributed by atoms with Gasteiger partial charge in [-0.3, -0.25) is 0 Å². The minimum atomic E-state index is 0.186. The fourth-order valence-corrected chi connectivity index (χ4v) is 3.24. The van der Waals surface area contributed by atoms with E-state index in [1.165, 1.54) is 12.8 Å². The van der Waals surface area contributed by atoms with E-state index in [1.807, 2.05) is 24.4 Å². The molecule has 1 saturated carbocycles. The van der Waals surface area contributed by atoms with Crippen molar-refractivity contribution in [1.82, 2.24) is 4.98 Å². The van der Waals surface area contributed by atoms with Gasteiger partial charge in [0.2, 0.25) is 0 Å². The lowest BCUT2D eigenvalue weighted by Gasteiger charge is -2.28. The normalized spacial score (nSPS) is 22.7. The number of ether oxygens (including phenoxy) is 1. The van der Waals surface area contributed by atoms with E-state index in [2.05, 4.69) is 16.4 Å². The van der Waals surface area contributed by atoms with Crippen LogP contribution >= 0.6 is 11.6 Å². The maximum atomic E-state index is 6.43. The zero-order valence-electron chi connectivity index (χ0n) is 11.6. The number of anilines is 1. The van der Waals surface area contributed by atoms with Gasteiger partial charge >= 0.3 is 0 Å². The second kappa shape index (κ2) is 5.88. The Bertz CT molecular complexity index is 602. The highest BCUT2D eigenvalue weighted by atomic mass is 35.5. The van der Waals surface area contributed by atoms with Crippen molar-refractivity contribution < 1.29 is 4.74 Å². The third kappa shape index (κ3) is 2.55. The number of hydrogen-bond acceptors (Lipinski definition) is 3. The van der Waals surface area contributed by atoms with Crippen LogP contribution in [0.4, 0.5) is 5.82 Å². The van der Waals surface area contributed by atoms with Crippen molar-refractivity contribution in [1.29, 1.82) is 0 Å². The van der Waals surface area contributed by atoms with Crippen molar-refractivity contribution in [3.8, 4) is 5.75 Å². The summed E-state index contributed by atoms with van der Waals surface area (Å²) in [7, 11) is 1.69. The summed E-state index contributed by atoms with van der Waals surface area (Å²) in [6.45, 7) is 0. The van der Waals surface area contributed by atoms with Gasteiger partial charge < -0.3 is 10.1 Å². The Kier molecular flexibility index (Phi) is 3.97. The molecule has 0 amide bonds. The Balaban J connectivity index is 1.95. The van der Waals surface area contributed by atoms with Crippen LogP contribution in [-0.4, -0.2) is 23.5 Å². The first-order chi connectivity index (χ1) is 9.79. The highest BCUT2D eigenvalue weighted by Gasteiger charge is 2.23. The van der Waals surface area contributed by atoms with E-state index in [9.17, 15) is 0 Å². The number of nitrogens with zero attached hydrogens (tertiary/aromatic N) is 1. The van der Waals surface area contributed by atoms with Crippen molar-refractivity contribution in [3.63, 3.8) is 0 Å². The van der Waals surface area contributed by atoms with Crippen LogP contribution in [0.15, 0.2) is 30.5 Å². The Hall–Kier alpha value is -1.48. The zero-order chi connectivity index (χ0) is 13.9. The molecular weight excluding hydrogens is 272 g/mol. The average molecular weight is 291 g/mol. The minimum absolute atomic E-state index is 0.186. The number of benzene rings is 1. The molecule has 3 rings (SSSR count). The van der Waals surface area contributed by atoms with E-state index >= 15 is 0 Å². The number of aromatic nitrogens is 1. The molecule has 2 atom stereocenters. The standard InChI is InChI=1S/C16H19ClN2O/c1-20-15-8-4-5-12-11(15)9-10-18-16(12)19-14-7-3-2-6-13(14)17/h4-5,8-10,13-14H,2-3,6-7H2,1H3,(H,18,19). The van der Waals surface area contributed by atoms with Gasteiger partial charge in [-0.05, 0) is 25.0 Å². The summed E-state index contributed by atoms with van der Waals surface area (Å²) in [5.41, 5.74) is 0. The summed E-state index contributed by atoms with van der Waals surface area (Å²) >= 11 is 6.43. The van der Waals surface area contributed by atoms with Crippen LogP contribution in [0.25, 0.3) is 10.8 Å². The first-order valence-electron chi connectivity index (χ1n) is 7.12. The summed E-state index contributed by atoms with van der Waals surface area (Å²) < 4.78 is 5.41. The summed E-state index contributed by atoms with van der Waals surface area (Å²) in [5.74, 6) is 1.78. The van der Waals surface area contributed by atoms with E-state index in [0.29, 0.717) is 6.04 Å². The predicted octanol–water partition coefficient (Wildman–Crippen LogP) is 4.21. The molecule has 0 spiro atoms. The maximum absolute atomic E-state index is 6.43. The fourth-order valence-electron chi connectivity index (χ4n) is 2.90. The molecule has 1 aliphatic rings. The first-order valence-corrected chi connectivity index (χ1v) is 7.55. The van der Waals surface area contributed by atoms with Gasteiger partial charge in [-0.25, -0.2) is 4.98 Å². The summed E-state index contributed by atoms with van der Waals surface area (Å²) in [5, 5.41) is 5.88. The molecule has 0 aliphatic heterocycles. The van der Waals surface area contributed by atoms with Crippen LogP contribution in [0.3, 0.4) is 0 Å². The highest BCUT2D eigenvalue weighted by Crippen LogP contribution is 2.31. The molecule has 0 saturated heterocycles. The second-order valence-electron chi connectivity index (χ2n) is 5.27. The number of fused-ring (bicyclic) bond motifs is 1. The van der Waals surface area contributed by atoms with E-state index in [4.69, 9.17) is 16.3 Å². The molecule has 1 aromatic heterocycles. The van der Waals surface area contributed by atoms with Gasteiger partial charge in [-0.15, -0.1) is 11.6 Å². The number of rotatable bonds is 3. The average Bonchev–Trinajstić information content (AvgIpc) is 2.49. The quantitative estimate of drug-likeness (QED) is 0.860. The van der Waals surface area contributed by atoms with Gasteiger partial charge in [0.25, 0.3) is 0 Å². The van der Waals surface area contributed by atoms with E-state index in [1.54, 1.807) is 7.11 Å². The molecule has 1 heterocycles. The first kappa shape index (κ1) is 13.5. The van der Waals surface area contributed by atoms with Crippen LogP contribution in [0.5, 0.6) is 5.75 Å². The van der Waals surface area contributed by atoms with E-state index in [0.717, 1.165) is 35.2 Å². The molecule has 3 nitrogen and oxygen atoms in total. The summed E-state index contributed by atoms with van der Waals surface area (Å²) in [6.07, 6.45) is 6.46. The minimum Gasteiger partial charge on any atom is -0.496 e. The molecule has 1 aliphatic carbocycles.